The van der Waals surface area contributed by atoms with Crippen molar-refractivity contribution < 1.29 is 9.21 Å². The fraction of sp³-hybridized carbons (Fsp3) is 0.0909. The van der Waals surface area contributed by atoms with Crippen LogP contribution < -0.4 is 5.32 Å². The zero-order valence-electron chi connectivity index (χ0n) is 14.7. The van der Waals surface area contributed by atoms with Gasteiger partial charge in [0.2, 0.25) is 0 Å². The number of aromatic nitrogens is 2. The summed E-state index contributed by atoms with van der Waals surface area (Å²) in [6.45, 7) is 2.15. The second-order valence-corrected chi connectivity index (χ2v) is 6.57. The average molecular weight is 355 g/mol. The number of para-hydroxylation sites is 1. The molecule has 0 unspecified atom stereocenters. The third-order valence-electron chi connectivity index (χ3n) is 4.95. The fourth-order valence-corrected chi connectivity index (χ4v) is 3.56. The van der Waals surface area contributed by atoms with Crippen molar-refractivity contribution in [2.45, 2.75) is 13.3 Å². The smallest absolute Gasteiger partial charge is 0.255 e. The molecule has 0 saturated carbocycles. The number of fused-ring (bicyclic) bond motifs is 4. The van der Waals surface area contributed by atoms with Crippen molar-refractivity contribution in [3.63, 3.8) is 0 Å². The number of hydrogen-bond acceptors (Lipinski definition) is 3. The summed E-state index contributed by atoms with van der Waals surface area (Å²) in [5.74, 6) is -0.176. The standard InChI is InChI=1S/C22H17N3O2/c1-2-13-4-3-5-17-16-8-7-15(11-18(16)25-21(13)17)24-22(26)14-6-9-20-19(10-14)23-12-27-20/h3-12,25H,2H2,1H3,(H,24,26). The number of rotatable bonds is 3. The number of hydrogen-bond donors (Lipinski definition) is 2. The molecule has 0 aliphatic carbocycles. The lowest BCUT2D eigenvalue weighted by Crippen LogP contribution is -2.11. The van der Waals surface area contributed by atoms with Gasteiger partial charge < -0.3 is 14.7 Å². The molecule has 2 aromatic heterocycles. The highest BCUT2D eigenvalue weighted by molar-refractivity contribution is 6.11. The molecule has 0 fully saturated rings. The number of aryl methyl sites for hydroxylation is 1. The van der Waals surface area contributed by atoms with E-state index in [0.29, 0.717) is 16.7 Å². The Labute approximate surface area is 155 Å². The highest BCUT2D eigenvalue weighted by Crippen LogP contribution is 2.30. The van der Waals surface area contributed by atoms with Crippen molar-refractivity contribution in [3.05, 3.63) is 72.1 Å². The van der Waals surface area contributed by atoms with Crippen molar-refractivity contribution in [3.8, 4) is 0 Å². The van der Waals surface area contributed by atoms with Crippen molar-refractivity contribution in [2.75, 3.05) is 5.32 Å². The molecule has 0 saturated heterocycles. The minimum absolute atomic E-state index is 0.176. The first-order valence-electron chi connectivity index (χ1n) is 8.91. The van der Waals surface area contributed by atoms with Gasteiger partial charge >= 0.3 is 0 Å². The van der Waals surface area contributed by atoms with Crippen molar-refractivity contribution in [1.82, 2.24) is 9.97 Å². The maximum absolute atomic E-state index is 12.6. The molecule has 1 amide bonds. The van der Waals surface area contributed by atoms with Crippen LogP contribution in [0, 0.1) is 0 Å². The second kappa shape index (κ2) is 5.99. The van der Waals surface area contributed by atoms with E-state index in [0.717, 1.165) is 28.5 Å². The van der Waals surface area contributed by atoms with Crippen molar-refractivity contribution in [2.24, 2.45) is 0 Å². The molecule has 5 heteroatoms. The molecular formula is C22H17N3O2. The third kappa shape index (κ3) is 2.56. The number of nitrogens with zero attached hydrogens (tertiary/aromatic N) is 1. The summed E-state index contributed by atoms with van der Waals surface area (Å²) in [7, 11) is 0. The number of benzene rings is 3. The molecule has 5 rings (SSSR count). The molecule has 27 heavy (non-hydrogen) atoms. The first-order valence-corrected chi connectivity index (χ1v) is 8.91. The molecule has 0 aliphatic rings. The summed E-state index contributed by atoms with van der Waals surface area (Å²) >= 11 is 0. The van der Waals surface area contributed by atoms with Crippen LogP contribution in [0.5, 0.6) is 0 Å². The lowest BCUT2D eigenvalue weighted by atomic mass is 10.1. The molecule has 0 atom stereocenters. The van der Waals surface area contributed by atoms with E-state index in [-0.39, 0.29) is 5.91 Å². The summed E-state index contributed by atoms with van der Waals surface area (Å²) in [5, 5.41) is 5.32. The van der Waals surface area contributed by atoms with E-state index < -0.39 is 0 Å². The predicted molar refractivity (Wildman–Crippen MR) is 107 cm³/mol. The maximum Gasteiger partial charge on any atom is 0.255 e. The SMILES string of the molecule is CCc1cccc2c1[nH]c1cc(NC(=O)c3ccc4ocnc4c3)ccc12. The van der Waals surface area contributed by atoms with E-state index in [9.17, 15) is 4.79 Å². The molecule has 0 radical (unpaired) electrons. The Morgan fingerprint density at radius 1 is 1.11 bits per heavy atom. The van der Waals surface area contributed by atoms with Gasteiger partial charge in [-0.3, -0.25) is 4.79 Å². The lowest BCUT2D eigenvalue weighted by Gasteiger charge is -2.05. The van der Waals surface area contributed by atoms with Gasteiger partial charge in [0.1, 0.15) is 5.52 Å². The van der Waals surface area contributed by atoms with Gasteiger partial charge in [-0.1, -0.05) is 31.2 Å². The van der Waals surface area contributed by atoms with Crippen LogP contribution in [0.1, 0.15) is 22.8 Å². The van der Waals surface area contributed by atoms with Crippen LogP contribution in [-0.4, -0.2) is 15.9 Å². The van der Waals surface area contributed by atoms with E-state index >= 15 is 0 Å². The number of H-pyrrole nitrogens is 1. The molecule has 0 aliphatic heterocycles. The van der Waals surface area contributed by atoms with Crippen molar-refractivity contribution >= 4 is 44.5 Å². The van der Waals surface area contributed by atoms with E-state index in [4.69, 9.17) is 4.42 Å². The number of aromatic amines is 1. The van der Waals surface area contributed by atoms with Gasteiger partial charge in [0.15, 0.2) is 12.0 Å². The van der Waals surface area contributed by atoms with Gasteiger partial charge in [-0.25, -0.2) is 4.98 Å². The maximum atomic E-state index is 12.6. The minimum atomic E-state index is -0.176. The number of amides is 1. The highest BCUT2D eigenvalue weighted by atomic mass is 16.3. The van der Waals surface area contributed by atoms with Gasteiger partial charge in [-0.2, -0.15) is 0 Å². The highest BCUT2D eigenvalue weighted by Gasteiger charge is 2.11. The Hall–Kier alpha value is -3.60. The van der Waals surface area contributed by atoms with E-state index in [2.05, 4.69) is 40.4 Å². The molecule has 2 N–H and O–H groups in total. The van der Waals surface area contributed by atoms with Gasteiger partial charge in [-0.15, -0.1) is 0 Å². The zero-order chi connectivity index (χ0) is 18.4. The molecule has 2 heterocycles. The van der Waals surface area contributed by atoms with Gasteiger partial charge in [0, 0.05) is 33.1 Å². The lowest BCUT2D eigenvalue weighted by molar-refractivity contribution is 0.102. The molecule has 132 valence electrons. The third-order valence-corrected chi connectivity index (χ3v) is 4.95. The molecule has 0 spiro atoms. The number of carbonyl (C=O) groups excluding carboxylic acids is 1. The Kier molecular flexibility index (Phi) is 3.47. The van der Waals surface area contributed by atoms with E-state index in [1.54, 1.807) is 18.2 Å². The van der Waals surface area contributed by atoms with Crippen LogP contribution in [0.3, 0.4) is 0 Å². The summed E-state index contributed by atoms with van der Waals surface area (Å²) < 4.78 is 5.22. The number of anilines is 1. The summed E-state index contributed by atoms with van der Waals surface area (Å²) in [6, 6.07) is 17.5. The quantitative estimate of drug-likeness (QED) is 0.463. The second-order valence-electron chi connectivity index (χ2n) is 6.57. The Balaban J connectivity index is 1.51. The Morgan fingerprint density at radius 3 is 2.93 bits per heavy atom. The fourth-order valence-electron chi connectivity index (χ4n) is 3.56. The van der Waals surface area contributed by atoms with E-state index in [1.807, 2.05) is 18.2 Å². The van der Waals surface area contributed by atoms with Crippen molar-refractivity contribution in [1.29, 1.82) is 0 Å². The number of oxazole rings is 1. The predicted octanol–water partition coefficient (Wildman–Crippen LogP) is 5.28. The summed E-state index contributed by atoms with van der Waals surface area (Å²) in [4.78, 5) is 20.2. The Morgan fingerprint density at radius 2 is 2.04 bits per heavy atom. The van der Waals surface area contributed by atoms with Crippen LogP contribution >= 0.6 is 0 Å². The van der Waals surface area contributed by atoms with Gasteiger partial charge in [0.05, 0.1) is 0 Å². The number of nitrogens with one attached hydrogen (secondary N) is 2. The van der Waals surface area contributed by atoms with Crippen LogP contribution in [0.2, 0.25) is 0 Å². The van der Waals surface area contributed by atoms with Crippen LogP contribution in [-0.2, 0) is 6.42 Å². The number of carbonyl (C=O) groups is 1. The molecule has 3 aromatic carbocycles. The first-order chi connectivity index (χ1) is 13.2. The first kappa shape index (κ1) is 15.6. The molecule has 5 aromatic rings. The van der Waals surface area contributed by atoms with Gasteiger partial charge in [0.25, 0.3) is 5.91 Å². The monoisotopic (exact) mass is 355 g/mol. The molecular weight excluding hydrogens is 338 g/mol. The topological polar surface area (TPSA) is 70.9 Å². The zero-order valence-corrected chi connectivity index (χ0v) is 14.7. The van der Waals surface area contributed by atoms with Crippen LogP contribution in [0.4, 0.5) is 5.69 Å². The van der Waals surface area contributed by atoms with Crippen LogP contribution in [0.15, 0.2) is 65.4 Å². The molecule has 0 bridgehead atoms. The van der Waals surface area contributed by atoms with E-state index in [1.165, 1.54) is 17.3 Å². The largest absolute Gasteiger partial charge is 0.443 e. The Bertz CT molecular complexity index is 1310. The van der Waals surface area contributed by atoms with Gasteiger partial charge in [-0.05, 0) is 42.3 Å². The van der Waals surface area contributed by atoms with Crippen LogP contribution in [0.25, 0.3) is 32.9 Å². The summed E-state index contributed by atoms with van der Waals surface area (Å²) in [6.07, 6.45) is 2.35. The minimum Gasteiger partial charge on any atom is -0.443 e. The summed E-state index contributed by atoms with van der Waals surface area (Å²) in [5.41, 5.74) is 6.08. The normalized spacial score (nSPS) is 11.4. The molecule has 5 nitrogen and oxygen atoms in total. The average Bonchev–Trinajstić information content (AvgIpc) is 3.30.